The number of benzene rings is 3. The molecule has 0 saturated carbocycles. The van der Waals surface area contributed by atoms with E-state index in [0.717, 1.165) is 0 Å². The molecule has 13 heteroatoms. The zero-order valence-electron chi connectivity index (χ0n) is 30.5. The molecule has 0 bridgehead atoms. The fraction of sp³-hybridized carbons (Fsp3) is 0.447. The summed E-state index contributed by atoms with van der Waals surface area (Å²) in [5, 5.41) is 18.3. The molecule has 5 rings (SSSR count). The van der Waals surface area contributed by atoms with Gasteiger partial charge in [-0.1, -0.05) is 18.2 Å². The molecule has 11 nitrogen and oxygen atoms in total. The van der Waals surface area contributed by atoms with Crippen molar-refractivity contribution in [3.63, 3.8) is 0 Å². The lowest BCUT2D eigenvalue weighted by atomic mass is 9.77. The first kappa shape index (κ1) is 38.4. The summed E-state index contributed by atoms with van der Waals surface area (Å²) in [4.78, 5) is 13.4. The van der Waals surface area contributed by atoms with E-state index >= 15 is 0 Å². The molecule has 3 aromatic rings. The van der Waals surface area contributed by atoms with Gasteiger partial charge in [0.2, 0.25) is 0 Å². The fourth-order valence-electron chi connectivity index (χ4n) is 6.50. The van der Waals surface area contributed by atoms with Gasteiger partial charge in [0.15, 0.2) is 5.60 Å². The highest BCUT2D eigenvalue weighted by atomic mass is 31.2. The fourth-order valence-corrected chi connectivity index (χ4v) is 9.65. The third-order valence-corrected chi connectivity index (χ3v) is 12.5. The number of nitriles is 2. The maximum Gasteiger partial charge on any atom is 0.340 e. The first-order chi connectivity index (χ1) is 24.4. The molecule has 0 aliphatic carbocycles. The number of ether oxygens (including phenoxy) is 2. The molecule has 0 aromatic heterocycles. The second kappa shape index (κ2) is 16.7. The topological polar surface area (TPSA) is 127 Å². The van der Waals surface area contributed by atoms with E-state index in [4.69, 9.17) is 38.1 Å². The van der Waals surface area contributed by atoms with E-state index in [0.29, 0.717) is 45.3 Å². The maximum absolute atomic E-state index is 13.4. The summed E-state index contributed by atoms with van der Waals surface area (Å²) in [6, 6.07) is 23.1. The van der Waals surface area contributed by atoms with Crippen molar-refractivity contribution in [2.24, 2.45) is 0 Å². The van der Waals surface area contributed by atoms with Crippen LogP contribution < -0.4 is 13.8 Å². The van der Waals surface area contributed by atoms with Gasteiger partial charge in [0.05, 0.1) is 43.8 Å². The number of nitrogens with zero attached hydrogens (tertiary/aromatic N) is 4. The van der Waals surface area contributed by atoms with E-state index in [2.05, 4.69) is 76.9 Å². The van der Waals surface area contributed by atoms with Crippen LogP contribution in [0, 0.1) is 22.7 Å². The minimum absolute atomic E-state index is 0.117. The second-order valence-electron chi connectivity index (χ2n) is 13.3. The van der Waals surface area contributed by atoms with Crippen LogP contribution in [0.25, 0.3) is 0 Å². The summed E-state index contributed by atoms with van der Waals surface area (Å²) < 4.78 is 42.7. The number of carbonyl (C=O) groups excluding carboxylic acids is 1. The largest absolute Gasteiger partial charge is 0.456 e. The van der Waals surface area contributed by atoms with Crippen LogP contribution in [-0.2, 0) is 19.4 Å². The van der Waals surface area contributed by atoms with Crippen molar-refractivity contribution >= 4 is 23.0 Å². The van der Waals surface area contributed by atoms with Crippen molar-refractivity contribution in [1.29, 1.82) is 10.5 Å². The van der Waals surface area contributed by atoms with Crippen LogP contribution in [0.5, 0.6) is 23.0 Å². The van der Waals surface area contributed by atoms with Crippen molar-refractivity contribution in [1.82, 2.24) is 9.34 Å². The predicted octanol–water partition coefficient (Wildman–Crippen LogP) is 9.56. The lowest BCUT2D eigenvalue weighted by Crippen LogP contribution is -2.34. The van der Waals surface area contributed by atoms with Crippen LogP contribution in [0.2, 0.25) is 0 Å². The van der Waals surface area contributed by atoms with Gasteiger partial charge in [0, 0.05) is 53.0 Å². The van der Waals surface area contributed by atoms with Crippen LogP contribution in [0.4, 0.5) is 0 Å². The van der Waals surface area contributed by atoms with Gasteiger partial charge in [-0.25, -0.2) is 14.1 Å². The molecule has 1 spiro atoms. The molecule has 0 N–H and O–H groups in total. The number of esters is 1. The van der Waals surface area contributed by atoms with E-state index in [1.54, 1.807) is 18.2 Å². The van der Waals surface area contributed by atoms with Crippen molar-refractivity contribution in [2.45, 2.75) is 98.0 Å². The Bertz CT molecular complexity index is 1680. The summed E-state index contributed by atoms with van der Waals surface area (Å²) in [6.45, 7) is 17.1. The summed E-state index contributed by atoms with van der Waals surface area (Å²) in [7, 11) is -3.16. The third-order valence-electron chi connectivity index (χ3n) is 8.35. The van der Waals surface area contributed by atoms with Gasteiger partial charge in [-0.3, -0.25) is 0 Å². The van der Waals surface area contributed by atoms with Gasteiger partial charge < -0.3 is 27.6 Å². The predicted molar refractivity (Wildman–Crippen MR) is 196 cm³/mol. The average molecular weight is 733 g/mol. The number of hydrogen-bond acceptors (Lipinski definition) is 11. The first-order valence-corrected chi connectivity index (χ1v) is 19.5. The molecular weight excluding hydrogens is 686 g/mol. The monoisotopic (exact) mass is 732 g/mol. The minimum atomic E-state index is -1.58. The molecule has 2 atom stereocenters. The molecule has 0 fully saturated rings. The smallest absolute Gasteiger partial charge is 0.340 e. The molecule has 0 radical (unpaired) electrons. The highest BCUT2D eigenvalue weighted by molar-refractivity contribution is 7.45. The van der Waals surface area contributed by atoms with Crippen LogP contribution in [0.15, 0.2) is 60.7 Å². The standard InChI is InChI=1S/C38H46N4O7P2/c1-25(2)41(26(3)4)50(44-21-11-19-39)48-29-15-17-33-35(23-29)46-36-24-30(49-51(45-22-12-20-40)42(27(5)6)28(7)8)16-18-34(36)38(33)32-14-10-9-13-31(32)37(43)47-38/h9-10,13-18,23-28H,11-12,21-22H2,1-8H3. The third kappa shape index (κ3) is 8.01. The van der Waals surface area contributed by atoms with Crippen LogP contribution in [-0.4, -0.2) is 52.7 Å². The summed E-state index contributed by atoms with van der Waals surface area (Å²) in [5.41, 5.74) is 1.22. The van der Waals surface area contributed by atoms with Gasteiger partial charge in [0.25, 0.3) is 0 Å². The van der Waals surface area contributed by atoms with Crippen LogP contribution in [0.1, 0.15) is 95.3 Å². The Morgan fingerprint density at radius 3 is 1.57 bits per heavy atom. The molecule has 2 unspecified atom stereocenters. The quantitative estimate of drug-likeness (QED) is 0.0794. The van der Waals surface area contributed by atoms with E-state index < -0.39 is 28.6 Å². The number of hydrogen-bond donors (Lipinski definition) is 0. The summed E-state index contributed by atoms with van der Waals surface area (Å²) in [5.74, 6) is 1.49. The van der Waals surface area contributed by atoms with E-state index in [1.165, 1.54) is 0 Å². The van der Waals surface area contributed by atoms with Crippen molar-refractivity contribution in [2.75, 3.05) is 13.2 Å². The molecule has 0 saturated heterocycles. The Morgan fingerprint density at radius 1 is 0.686 bits per heavy atom. The maximum atomic E-state index is 13.4. The number of rotatable bonds is 16. The first-order valence-electron chi connectivity index (χ1n) is 17.2. The molecule has 3 aromatic carbocycles. The van der Waals surface area contributed by atoms with Crippen molar-refractivity contribution < 1.29 is 32.4 Å². The summed E-state index contributed by atoms with van der Waals surface area (Å²) >= 11 is 0. The van der Waals surface area contributed by atoms with Crippen LogP contribution >= 0.6 is 17.1 Å². The SMILES string of the molecule is CC(C)N(C(C)C)P(OCCC#N)Oc1ccc2c(c1)Oc1cc(OP(OCCC#N)N(C(C)C)C(C)C)ccc1C21OC(=O)c2ccccc21. The molecule has 51 heavy (non-hydrogen) atoms. The average Bonchev–Trinajstić information content (AvgIpc) is 3.36. The second-order valence-corrected chi connectivity index (χ2v) is 16.1. The van der Waals surface area contributed by atoms with E-state index in [-0.39, 0.29) is 50.2 Å². The molecule has 2 aliphatic heterocycles. The van der Waals surface area contributed by atoms with Crippen molar-refractivity contribution in [3.8, 4) is 35.1 Å². The molecule has 2 aliphatic rings. The van der Waals surface area contributed by atoms with Gasteiger partial charge >= 0.3 is 23.0 Å². The molecule has 270 valence electrons. The lowest BCUT2D eigenvalue weighted by molar-refractivity contribution is 0.0224. The number of fused-ring (bicyclic) bond motifs is 6. The number of carbonyl (C=O) groups is 1. The van der Waals surface area contributed by atoms with Gasteiger partial charge in [-0.2, -0.15) is 10.5 Å². The molecular formula is C38H46N4O7P2. The molecule has 2 heterocycles. The zero-order valence-corrected chi connectivity index (χ0v) is 32.2. The molecule has 0 amide bonds. The lowest BCUT2D eigenvalue weighted by Gasteiger charge is -2.38. The Kier molecular flexibility index (Phi) is 12.6. The van der Waals surface area contributed by atoms with E-state index in [9.17, 15) is 4.79 Å². The normalized spacial score (nSPS) is 17.2. The Labute approximate surface area is 303 Å². The highest BCUT2D eigenvalue weighted by Gasteiger charge is 2.53. The Balaban J connectivity index is 1.58. The minimum Gasteiger partial charge on any atom is -0.456 e. The van der Waals surface area contributed by atoms with Gasteiger partial charge in [-0.15, -0.1) is 0 Å². The van der Waals surface area contributed by atoms with Gasteiger partial charge in [0.1, 0.15) is 23.0 Å². The van der Waals surface area contributed by atoms with Crippen LogP contribution in [0.3, 0.4) is 0 Å². The Hall–Kier alpha value is -3.79. The summed E-state index contributed by atoms with van der Waals surface area (Å²) in [6.07, 6.45) is 0.483. The van der Waals surface area contributed by atoms with Gasteiger partial charge in [-0.05, 0) is 85.7 Å². The Morgan fingerprint density at radius 2 is 1.14 bits per heavy atom. The zero-order chi connectivity index (χ0) is 36.9. The van der Waals surface area contributed by atoms with Crippen molar-refractivity contribution in [3.05, 3.63) is 82.9 Å². The highest BCUT2D eigenvalue weighted by Crippen LogP contribution is 2.58. The van der Waals surface area contributed by atoms with E-state index in [1.807, 2.05) is 42.5 Å².